The van der Waals surface area contributed by atoms with Gasteiger partial charge in [0.05, 0.1) is 0 Å². The Labute approximate surface area is 84.8 Å². The molecule has 0 atom stereocenters. The third kappa shape index (κ3) is 1.79. The number of benzene rings is 1. The van der Waals surface area contributed by atoms with Gasteiger partial charge in [-0.2, -0.15) is 8.42 Å². The molecule has 0 amide bonds. The minimum atomic E-state index is -6.01. The van der Waals surface area contributed by atoms with Gasteiger partial charge in [0.1, 0.15) is 5.69 Å². The van der Waals surface area contributed by atoms with Gasteiger partial charge in [0, 0.05) is 0 Å². The van der Waals surface area contributed by atoms with E-state index in [4.69, 9.17) is 0 Å². The predicted molar refractivity (Wildman–Crippen MR) is 39.3 cm³/mol. The molecule has 90 valence electrons. The van der Waals surface area contributed by atoms with Crippen LogP contribution in [0.15, 0.2) is 4.90 Å². The molecule has 1 aromatic rings. The van der Waals surface area contributed by atoms with Crippen LogP contribution < -0.4 is 5.54 Å². The molecule has 0 spiro atoms. The van der Waals surface area contributed by atoms with Crippen molar-refractivity contribution in [3.8, 4) is 0 Å². The molecule has 10 heteroatoms. The number of hydrogen-bond donors (Lipinski definition) is 1. The molecule has 0 aliphatic heterocycles. The molecule has 3 nitrogen and oxygen atoms in total. The fraction of sp³-hybridized carbons (Fsp3) is 0. The van der Waals surface area contributed by atoms with Crippen LogP contribution in [-0.2, 0) is 10.2 Å². The maximum Gasteiger partial charge on any atom is 0.338 e. The molecule has 0 aliphatic carbocycles. The van der Waals surface area contributed by atoms with Crippen LogP contribution in [0.25, 0.3) is 0 Å². The summed E-state index contributed by atoms with van der Waals surface area (Å²) in [7, 11) is -6.01. The Morgan fingerprint density at radius 1 is 0.875 bits per heavy atom. The summed E-state index contributed by atoms with van der Waals surface area (Å²) in [6.45, 7) is 0. The number of halogens is 6. The van der Waals surface area contributed by atoms with Gasteiger partial charge in [0.25, 0.3) is 0 Å². The Hall–Kier alpha value is -1.45. The maximum atomic E-state index is 12.8. The normalized spacial score (nSPS) is 11.6. The second-order valence-electron chi connectivity index (χ2n) is 2.49. The molecule has 0 radical (unpaired) electrons. The van der Waals surface area contributed by atoms with Gasteiger partial charge >= 0.3 is 10.2 Å². The largest absolute Gasteiger partial charge is 0.338 e. The molecule has 0 unspecified atom stereocenters. The smallest absolute Gasteiger partial charge is 0.218 e. The predicted octanol–water partition coefficient (Wildman–Crippen LogP) is 2.20. The summed E-state index contributed by atoms with van der Waals surface area (Å²) in [6, 6.07) is 0. The van der Waals surface area contributed by atoms with E-state index in [0.29, 0.717) is 0 Å². The zero-order valence-corrected chi connectivity index (χ0v) is 7.81. The fourth-order valence-electron chi connectivity index (χ4n) is 0.909. The Balaban J connectivity index is 3.82. The van der Waals surface area contributed by atoms with Gasteiger partial charge in [-0.15, -0.1) is 8.37 Å². The van der Waals surface area contributed by atoms with E-state index in [1.165, 1.54) is 0 Å². The number of rotatable bonds is 2. The van der Waals surface area contributed by atoms with Crippen LogP contribution in [-0.4, -0.2) is 8.42 Å². The van der Waals surface area contributed by atoms with E-state index in [-0.39, 0.29) is 5.54 Å². The van der Waals surface area contributed by atoms with Crippen molar-refractivity contribution in [2.75, 3.05) is 5.54 Å². The van der Waals surface area contributed by atoms with E-state index in [1.54, 1.807) is 0 Å². The van der Waals surface area contributed by atoms with E-state index in [9.17, 15) is 34.3 Å². The second-order valence-corrected chi connectivity index (χ2v) is 3.78. The second kappa shape index (κ2) is 3.85. The van der Waals surface area contributed by atoms with Gasteiger partial charge in [0.15, 0.2) is 28.2 Å². The standard InChI is InChI=1S/C6HF6NO2S/c7-1-3(9)6(16(12,14)15)4(10)2(8)5(1)13-11/h13H. The molecule has 16 heavy (non-hydrogen) atoms. The summed E-state index contributed by atoms with van der Waals surface area (Å²) < 4.78 is 95.4. The van der Waals surface area contributed by atoms with Gasteiger partial charge in [0.2, 0.25) is 0 Å². The first-order chi connectivity index (χ1) is 7.21. The van der Waals surface area contributed by atoms with Crippen molar-refractivity contribution in [1.82, 2.24) is 0 Å². The molecule has 1 N–H and O–H groups in total. The van der Waals surface area contributed by atoms with E-state index < -0.39 is 44.1 Å². The minimum absolute atomic E-state index is 0.277. The summed E-state index contributed by atoms with van der Waals surface area (Å²) in [5.41, 5.74) is -1.61. The molecule has 0 aliphatic rings. The number of hydrogen-bond acceptors (Lipinski definition) is 3. The van der Waals surface area contributed by atoms with Gasteiger partial charge in [-0.1, -0.05) is 0 Å². The molecule has 1 aromatic carbocycles. The van der Waals surface area contributed by atoms with Crippen LogP contribution in [0.1, 0.15) is 0 Å². The van der Waals surface area contributed by atoms with Crippen LogP contribution in [0, 0.1) is 23.3 Å². The van der Waals surface area contributed by atoms with Crippen LogP contribution in [0.4, 0.5) is 31.6 Å². The van der Waals surface area contributed by atoms with Gasteiger partial charge in [-0.05, 0) is 0 Å². The average molecular weight is 265 g/mol. The third-order valence-electron chi connectivity index (χ3n) is 1.56. The Morgan fingerprint density at radius 2 is 1.25 bits per heavy atom. The summed E-state index contributed by atoms with van der Waals surface area (Å²) >= 11 is 0. The molecule has 0 saturated heterocycles. The molecule has 0 saturated carbocycles. The van der Waals surface area contributed by atoms with Crippen LogP contribution in [0.3, 0.4) is 0 Å². The Morgan fingerprint density at radius 3 is 1.50 bits per heavy atom. The third-order valence-corrected chi connectivity index (χ3v) is 2.41. The van der Waals surface area contributed by atoms with Gasteiger partial charge in [-0.3, -0.25) is 0 Å². The lowest BCUT2D eigenvalue weighted by molar-refractivity contribution is 0.411. The lowest BCUT2D eigenvalue weighted by Gasteiger charge is -2.06. The lowest BCUT2D eigenvalue weighted by atomic mass is 10.2. The topological polar surface area (TPSA) is 46.2 Å². The van der Waals surface area contributed by atoms with Crippen LogP contribution >= 0.6 is 0 Å². The molecule has 0 heterocycles. The van der Waals surface area contributed by atoms with E-state index in [2.05, 4.69) is 0 Å². The van der Waals surface area contributed by atoms with Crippen molar-refractivity contribution in [3.63, 3.8) is 0 Å². The molecular weight excluding hydrogens is 264 g/mol. The maximum absolute atomic E-state index is 12.8. The minimum Gasteiger partial charge on any atom is -0.218 e. The molecular formula is C6HF6NO2S. The van der Waals surface area contributed by atoms with Gasteiger partial charge in [-0.25, -0.2) is 23.1 Å². The zero-order valence-electron chi connectivity index (χ0n) is 6.99. The molecule has 0 aromatic heterocycles. The summed E-state index contributed by atoms with van der Waals surface area (Å²) in [6.07, 6.45) is 0. The van der Waals surface area contributed by atoms with Crippen molar-refractivity contribution in [2.24, 2.45) is 0 Å². The highest BCUT2D eigenvalue weighted by Crippen LogP contribution is 2.31. The monoisotopic (exact) mass is 265 g/mol. The zero-order chi connectivity index (χ0) is 12.7. The van der Waals surface area contributed by atoms with Crippen molar-refractivity contribution in [2.45, 2.75) is 4.90 Å². The summed E-state index contributed by atoms with van der Waals surface area (Å²) in [5, 5.41) is 0. The van der Waals surface area contributed by atoms with E-state index in [1.807, 2.05) is 0 Å². The first-order valence-corrected chi connectivity index (χ1v) is 4.77. The lowest BCUT2D eigenvalue weighted by Crippen LogP contribution is -2.09. The van der Waals surface area contributed by atoms with Gasteiger partial charge < -0.3 is 0 Å². The number of anilines is 1. The highest BCUT2D eigenvalue weighted by molar-refractivity contribution is 7.86. The molecule has 1 rings (SSSR count). The van der Waals surface area contributed by atoms with Crippen molar-refractivity contribution >= 4 is 15.9 Å². The number of nitrogens with one attached hydrogen (secondary N) is 1. The van der Waals surface area contributed by atoms with Crippen molar-refractivity contribution < 1.29 is 34.3 Å². The highest BCUT2D eigenvalue weighted by atomic mass is 32.3. The first-order valence-electron chi connectivity index (χ1n) is 3.39. The van der Waals surface area contributed by atoms with E-state index in [0.717, 1.165) is 0 Å². The van der Waals surface area contributed by atoms with E-state index >= 15 is 0 Å². The van der Waals surface area contributed by atoms with Crippen molar-refractivity contribution in [3.05, 3.63) is 23.3 Å². The first kappa shape index (κ1) is 12.6. The molecule has 0 bridgehead atoms. The van der Waals surface area contributed by atoms with Crippen LogP contribution in [0.5, 0.6) is 0 Å². The quantitative estimate of drug-likeness (QED) is 0.386. The molecule has 0 fully saturated rings. The average Bonchev–Trinajstić information content (AvgIpc) is 2.14. The SMILES string of the molecule is O=S(=O)(F)c1c(F)c(F)c(NF)c(F)c1F. The highest BCUT2D eigenvalue weighted by Gasteiger charge is 2.33. The van der Waals surface area contributed by atoms with Crippen LogP contribution in [0.2, 0.25) is 0 Å². The Kier molecular flexibility index (Phi) is 3.03. The van der Waals surface area contributed by atoms with Crippen molar-refractivity contribution in [1.29, 1.82) is 0 Å². The fourth-order valence-corrected chi connectivity index (χ4v) is 1.52. The summed E-state index contributed by atoms with van der Waals surface area (Å²) in [5.74, 6) is -9.89. The Bertz CT molecular complexity index is 513. The summed E-state index contributed by atoms with van der Waals surface area (Å²) in [4.78, 5) is -2.44.